The molecule has 4 N–H and O–H groups in total. The zero-order valence-electron chi connectivity index (χ0n) is 18.6. The third-order valence-corrected chi connectivity index (χ3v) is 6.24. The number of hydrogen-bond donors (Lipinski definition) is 3. The summed E-state index contributed by atoms with van der Waals surface area (Å²) < 4.78 is 40.3. The van der Waals surface area contributed by atoms with Crippen LogP contribution < -0.4 is 21.3 Å². The number of anilines is 1. The minimum absolute atomic E-state index is 0.153. The minimum atomic E-state index is -5.18. The van der Waals surface area contributed by atoms with Crippen molar-refractivity contribution in [3.8, 4) is 0 Å². The summed E-state index contributed by atoms with van der Waals surface area (Å²) in [5, 5.41) is 2.04. The molecule has 0 bridgehead atoms. The largest absolute Gasteiger partial charge is 0.413 e. The standard InChI is InChI=1S/C22H24ClF3N4O5/c1-10-7-12(19(33)28-10)9-15(16(31)20(34)29-13-5-6-13)30(21(35)17(23)22(24,25)26)14-4-2-3-11(8-14)18(27)32/h2-4,8,10,12-13,15,17H,5-7,9H2,1H3,(H2,27,32)(H,28,33)(H,29,34)/t10-,12+,15+,17?/m1/s1. The molecular weight excluding hydrogens is 493 g/mol. The smallest absolute Gasteiger partial charge is 0.366 e. The average molecular weight is 517 g/mol. The summed E-state index contributed by atoms with van der Waals surface area (Å²) in [6, 6.07) is 2.40. The second-order valence-electron chi connectivity index (χ2n) is 8.73. The van der Waals surface area contributed by atoms with E-state index in [1.165, 1.54) is 18.2 Å². The first kappa shape index (κ1) is 26.5. The van der Waals surface area contributed by atoms with Crippen molar-refractivity contribution in [2.45, 2.75) is 62.3 Å². The molecule has 35 heavy (non-hydrogen) atoms. The molecule has 2 fully saturated rings. The molecule has 1 aliphatic carbocycles. The number of carbonyl (C=O) groups is 5. The Labute approximate surface area is 203 Å². The predicted octanol–water partition coefficient (Wildman–Crippen LogP) is 1.42. The van der Waals surface area contributed by atoms with E-state index in [1.807, 2.05) is 0 Å². The van der Waals surface area contributed by atoms with E-state index in [-0.39, 0.29) is 29.8 Å². The van der Waals surface area contributed by atoms with E-state index < -0.39 is 59.3 Å². The van der Waals surface area contributed by atoms with Crippen LogP contribution >= 0.6 is 11.6 Å². The summed E-state index contributed by atoms with van der Waals surface area (Å²) in [6.07, 6.45) is -4.11. The van der Waals surface area contributed by atoms with Crippen molar-refractivity contribution in [2.24, 2.45) is 11.7 Å². The molecule has 1 saturated carbocycles. The molecule has 9 nitrogen and oxygen atoms in total. The Kier molecular flexibility index (Phi) is 7.73. The van der Waals surface area contributed by atoms with E-state index in [0.29, 0.717) is 17.7 Å². The van der Waals surface area contributed by atoms with Crippen molar-refractivity contribution in [1.82, 2.24) is 10.6 Å². The van der Waals surface area contributed by atoms with Gasteiger partial charge in [0.25, 0.3) is 11.8 Å². The molecule has 13 heteroatoms. The Morgan fingerprint density at radius 1 is 1.26 bits per heavy atom. The Bertz CT molecular complexity index is 1050. The van der Waals surface area contributed by atoms with Crippen LogP contribution in [0.4, 0.5) is 18.9 Å². The van der Waals surface area contributed by atoms with Gasteiger partial charge in [0.05, 0.1) is 0 Å². The molecule has 1 aromatic rings. The van der Waals surface area contributed by atoms with Gasteiger partial charge in [-0.2, -0.15) is 13.2 Å². The lowest BCUT2D eigenvalue weighted by atomic mass is 9.92. The molecule has 1 saturated heterocycles. The number of rotatable bonds is 9. The maximum atomic E-state index is 13.4. The van der Waals surface area contributed by atoms with Crippen molar-refractivity contribution in [3.63, 3.8) is 0 Å². The first-order chi connectivity index (χ1) is 16.3. The molecule has 4 amide bonds. The van der Waals surface area contributed by atoms with Gasteiger partial charge in [-0.3, -0.25) is 28.9 Å². The molecule has 1 unspecified atom stereocenters. The van der Waals surface area contributed by atoms with Crippen LogP contribution in [0, 0.1) is 5.92 Å². The number of benzene rings is 1. The topological polar surface area (TPSA) is 139 Å². The number of ketones is 1. The number of primary amides is 1. The fourth-order valence-electron chi connectivity index (χ4n) is 3.92. The molecule has 2 aliphatic rings. The molecule has 0 spiro atoms. The summed E-state index contributed by atoms with van der Waals surface area (Å²) in [7, 11) is 0. The summed E-state index contributed by atoms with van der Waals surface area (Å²) in [5.74, 6) is -6.28. The number of Topliss-reactive ketones (excluding diaryl/α,β-unsaturated/α-hetero) is 1. The van der Waals surface area contributed by atoms with Gasteiger partial charge in [-0.25, -0.2) is 0 Å². The van der Waals surface area contributed by atoms with Crippen LogP contribution in [0.2, 0.25) is 0 Å². The molecule has 0 radical (unpaired) electrons. The van der Waals surface area contributed by atoms with Gasteiger partial charge in [0.2, 0.25) is 23.0 Å². The lowest BCUT2D eigenvalue weighted by Gasteiger charge is -2.33. The Morgan fingerprint density at radius 3 is 2.43 bits per heavy atom. The monoisotopic (exact) mass is 516 g/mol. The fraction of sp³-hybridized carbons (Fsp3) is 0.500. The van der Waals surface area contributed by atoms with Gasteiger partial charge in [-0.05, 0) is 50.8 Å². The maximum absolute atomic E-state index is 13.4. The lowest BCUT2D eigenvalue weighted by Crippen LogP contribution is -2.55. The summed E-state index contributed by atoms with van der Waals surface area (Å²) in [5.41, 5.74) is 4.81. The zero-order chi connectivity index (χ0) is 26.1. The fourth-order valence-corrected chi connectivity index (χ4v) is 4.03. The summed E-state index contributed by atoms with van der Waals surface area (Å²) in [4.78, 5) is 63.4. The number of hydrogen-bond acceptors (Lipinski definition) is 5. The second kappa shape index (κ2) is 10.2. The summed E-state index contributed by atoms with van der Waals surface area (Å²) in [6.45, 7) is 1.70. The van der Waals surface area contributed by atoms with Crippen molar-refractivity contribution in [2.75, 3.05) is 4.90 Å². The number of alkyl halides is 4. The molecular formula is C22H24ClF3N4O5. The number of halogens is 4. The molecule has 1 heterocycles. The molecule has 190 valence electrons. The maximum Gasteiger partial charge on any atom is 0.413 e. The van der Waals surface area contributed by atoms with Gasteiger partial charge < -0.3 is 16.4 Å². The lowest BCUT2D eigenvalue weighted by molar-refractivity contribution is -0.151. The molecule has 4 atom stereocenters. The highest BCUT2D eigenvalue weighted by atomic mass is 35.5. The Hall–Kier alpha value is -3.15. The van der Waals surface area contributed by atoms with Gasteiger partial charge in [0.15, 0.2) is 0 Å². The van der Waals surface area contributed by atoms with Crippen molar-refractivity contribution in [1.29, 1.82) is 0 Å². The SMILES string of the molecule is C[C@@H]1C[C@@H](C[C@@H](C(=O)C(=O)NC2CC2)N(C(=O)C(Cl)C(F)(F)F)c2cccc(C(N)=O)c2)C(=O)N1. The second-order valence-corrected chi connectivity index (χ2v) is 9.17. The molecule has 1 aromatic carbocycles. The molecule has 1 aliphatic heterocycles. The van der Waals surface area contributed by atoms with Gasteiger partial charge in [-0.1, -0.05) is 6.07 Å². The third kappa shape index (κ3) is 6.30. The average Bonchev–Trinajstić information content (AvgIpc) is 3.54. The van der Waals surface area contributed by atoms with Gasteiger partial charge >= 0.3 is 6.18 Å². The highest BCUT2D eigenvalue weighted by molar-refractivity contribution is 6.41. The summed E-state index contributed by atoms with van der Waals surface area (Å²) >= 11 is 5.45. The van der Waals surface area contributed by atoms with Gasteiger partial charge in [-0.15, -0.1) is 11.6 Å². The highest BCUT2D eigenvalue weighted by Crippen LogP contribution is 2.33. The Morgan fingerprint density at radius 2 is 1.91 bits per heavy atom. The normalized spacial score (nSPS) is 21.6. The van der Waals surface area contributed by atoms with Crippen LogP contribution in [0.5, 0.6) is 0 Å². The number of nitrogens with one attached hydrogen (secondary N) is 2. The van der Waals surface area contributed by atoms with E-state index >= 15 is 0 Å². The number of nitrogens with two attached hydrogens (primary N) is 1. The van der Waals surface area contributed by atoms with Crippen LogP contribution in [-0.4, -0.2) is 59.1 Å². The van der Waals surface area contributed by atoms with E-state index in [0.717, 1.165) is 6.07 Å². The predicted molar refractivity (Wildman–Crippen MR) is 118 cm³/mol. The van der Waals surface area contributed by atoms with Crippen molar-refractivity contribution in [3.05, 3.63) is 29.8 Å². The van der Waals surface area contributed by atoms with Crippen LogP contribution in [0.25, 0.3) is 0 Å². The van der Waals surface area contributed by atoms with Crippen LogP contribution in [0.15, 0.2) is 24.3 Å². The zero-order valence-corrected chi connectivity index (χ0v) is 19.4. The van der Waals surface area contributed by atoms with Gasteiger partial charge in [0, 0.05) is 29.3 Å². The van der Waals surface area contributed by atoms with Crippen molar-refractivity contribution >= 4 is 46.7 Å². The van der Waals surface area contributed by atoms with Crippen LogP contribution in [0.3, 0.4) is 0 Å². The first-order valence-electron chi connectivity index (χ1n) is 10.9. The van der Waals surface area contributed by atoms with Crippen molar-refractivity contribution < 1.29 is 37.1 Å². The van der Waals surface area contributed by atoms with Crippen LogP contribution in [-0.2, 0) is 19.2 Å². The quantitative estimate of drug-likeness (QED) is 0.336. The minimum Gasteiger partial charge on any atom is -0.366 e. The highest BCUT2D eigenvalue weighted by Gasteiger charge is 2.49. The third-order valence-electron chi connectivity index (χ3n) is 5.81. The number of nitrogens with zero attached hydrogens (tertiary/aromatic N) is 1. The van der Waals surface area contributed by atoms with Crippen LogP contribution in [0.1, 0.15) is 43.0 Å². The van der Waals surface area contributed by atoms with E-state index in [2.05, 4.69) is 10.6 Å². The molecule has 0 aromatic heterocycles. The van der Waals surface area contributed by atoms with E-state index in [1.54, 1.807) is 6.92 Å². The first-order valence-corrected chi connectivity index (χ1v) is 11.3. The molecule has 3 rings (SSSR count). The van der Waals surface area contributed by atoms with E-state index in [4.69, 9.17) is 17.3 Å². The van der Waals surface area contributed by atoms with Gasteiger partial charge in [0.1, 0.15) is 6.04 Å². The number of carbonyl (C=O) groups excluding carboxylic acids is 5. The van der Waals surface area contributed by atoms with E-state index in [9.17, 15) is 37.1 Å². The number of amides is 4. The Balaban J connectivity index is 2.09.